The molecule has 0 fully saturated rings. The Hall–Kier alpha value is -2.67. The van der Waals surface area contributed by atoms with E-state index >= 15 is 0 Å². The lowest BCUT2D eigenvalue weighted by Gasteiger charge is -2.18. The van der Waals surface area contributed by atoms with Crippen molar-refractivity contribution in [1.29, 1.82) is 0 Å². The Morgan fingerprint density at radius 2 is 1.86 bits per heavy atom. The Labute approximate surface area is 165 Å². The third kappa shape index (κ3) is 6.81. The fraction of sp³-hybridized carbons (Fsp3) is 0.381. The predicted octanol–water partition coefficient (Wildman–Crippen LogP) is 3.16. The molecule has 1 atom stereocenters. The highest BCUT2D eigenvalue weighted by molar-refractivity contribution is 5.79. The molecular formula is C21H28F2N4O. The van der Waals surface area contributed by atoms with Crippen LogP contribution in [-0.4, -0.2) is 44.7 Å². The molecule has 2 N–H and O–H groups in total. The summed E-state index contributed by atoms with van der Waals surface area (Å²) in [7, 11) is 5.47. The van der Waals surface area contributed by atoms with Crippen LogP contribution in [0.3, 0.4) is 0 Å². The minimum atomic E-state index is -0.387. The fourth-order valence-electron chi connectivity index (χ4n) is 2.65. The highest BCUT2D eigenvalue weighted by Gasteiger charge is 2.09. The number of benzene rings is 2. The molecule has 2 rings (SSSR count). The molecular weight excluding hydrogens is 362 g/mol. The monoisotopic (exact) mass is 390 g/mol. The molecule has 152 valence electrons. The summed E-state index contributed by atoms with van der Waals surface area (Å²) in [5.41, 5.74) is 1.61. The first kappa shape index (κ1) is 21.6. The quantitative estimate of drug-likeness (QED) is 0.537. The van der Waals surface area contributed by atoms with Crippen LogP contribution in [-0.2, 0) is 13.1 Å². The first-order valence-electron chi connectivity index (χ1n) is 9.16. The number of hydrogen-bond donors (Lipinski definition) is 2. The Balaban J connectivity index is 1.85. The number of nitrogens with one attached hydrogen (secondary N) is 2. The largest absolute Gasteiger partial charge is 0.486 e. The lowest BCUT2D eigenvalue weighted by Crippen LogP contribution is -2.41. The number of hydrogen-bond acceptors (Lipinski definition) is 3. The van der Waals surface area contributed by atoms with Gasteiger partial charge in [0.15, 0.2) is 17.5 Å². The third-order valence-corrected chi connectivity index (χ3v) is 4.00. The van der Waals surface area contributed by atoms with Gasteiger partial charge in [0.25, 0.3) is 0 Å². The van der Waals surface area contributed by atoms with Crippen LogP contribution in [0.1, 0.15) is 18.1 Å². The summed E-state index contributed by atoms with van der Waals surface area (Å²) >= 11 is 0. The summed E-state index contributed by atoms with van der Waals surface area (Å²) in [4.78, 5) is 6.09. The molecule has 0 aliphatic carbocycles. The molecule has 0 aliphatic rings. The van der Waals surface area contributed by atoms with Crippen molar-refractivity contribution in [2.45, 2.75) is 26.1 Å². The molecule has 0 aromatic heterocycles. The number of nitrogens with zero attached hydrogens (tertiary/aromatic N) is 2. The second-order valence-electron chi connectivity index (χ2n) is 6.83. The molecule has 2 aromatic carbocycles. The van der Waals surface area contributed by atoms with Crippen LogP contribution in [0.2, 0.25) is 0 Å². The maximum absolute atomic E-state index is 13.9. The molecule has 0 radical (unpaired) electrons. The maximum Gasteiger partial charge on any atom is 0.191 e. The first-order chi connectivity index (χ1) is 13.4. The van der Waals surface area contributed by atoms with Gasteiger partial charge in [0.05, 0.1) is 6.54 Å². The molecule has 0 aliphatic heterocycles. The van der Waals surface area contributed by atoms with E-state index in [1.54, 1.807) is 31.3 Å². The van der Waals surface area contributed by atoms with Crippen molar-refractivity contribution in [2.75, 3.05) is 27.7 Å². The van der Waals surface area contributed by atoms with Crippen LogP contribution in [0.15, 0.2) is 47.5 Å². The second-order valence-corrected chi connectivity index (χ2v) is 6.83. The molecule has 0 heterocycles. The topological polar surface area (TPSA) is 48.9 Å². The molecule has 0 saturated carbocycles. The lowest BCUT2D eigenvalue weighted by atomic mass is 10.1. The zero-order chi connectivity index (χ0) is 20.5. The van der Waals surface area contributed by atoms with Crippen LogP contribution in [0.25, 0.3) is 0 Å². The van der Waals surface area contributed by atoms with Crippen molar-refractivity contribution in [3.05, 3.63) is 65.2 Å². The van der Waals surface area contributed by atoms with Gasteiger partial charge >= 0.3 is 0 Å². The summed E-state index contributed by atoms with van der Waals surface area (Å²) in [5, 5.41) is 6.34. The molecule has 0 bridgehead atoms. The minimum absolute atomic E-state index is 0.209. The van der Waals surface area contributed by atoms with Crippen LogP contribution in [0.5, 0.6) is 5.75 Å². The van der Waals surface area contributed by atoms with Gasteiger partial charge in [-0.05, 0) is 50.8 Å². The fourth-order valence-corrected chi connectivity index (χ4v) is 2.65. The van der Waals surface area contributed by atoms with E-state index in [4.69, 9.17) is 4.74 Å². The zero-order valence-electron chi connectivity index (χ0n) is 16.8. The van der Waals surface area contributed by atoms with Crippen molar-refractivity contribution in [3.8, 4) is 5.75 Å². The highest BCUT2D eigenvalue weighted by atomic mass is 19.1. The van der Waals surface area contributed by atoms with Crippen LogP contribution in [0.4, 0.5) is 8.78 Å². The van der Waals surface area contributed by atoms with Gasteiger partial charge in [-0.15, -0.1) is 0 Å². The Bertz CT molecular complexity index is 796. The molecule has 28 heavy (non-hydrogen) atoms. The number of aliphatic imine (C=N–C) groups is 1. The predicted molar refractivity (Wildman–Crippen MR) is 108 cm³/mol. The van der Waals surface area contributed by atoms with Gasteiger partial charge in [0, 0.05) is 25.7 Å². The van der Waals surface area contributed by atoms with Gasteiger partial charge < -0.3 is 20.3 Å². The average Bonchev–Trinajstić information content (AvgIpc) is 2.66. The van der Waals surface area contributed by atoms with Gasteiger partial charge in [-0.1, -0.05) is 18.2 Å². The summed E-state index contributed by atoms with van der Waals surface area (Å²) in [6, 6.07) is 11.4. The van der Waals surface area contributed by atoms with Crippen LogP contribution < -0.4 is 15.4 Å². The van der Waals surface area contributed by atoms with E-state index in [-0.39, 0.29) is 23.5 Å². The molecule has 5 nitrogen and oxygen atoms in total. The lowest BCUT2D eigenvalue weighted by molar-refractivity contribution is 0.214. The number of rotatable bonds is 8. The van der Waals surface area contributed by atoms with E-state index in [0.717, 1.165) is 5.56 Å². The molecule has 7 heteroatoms. The molecule has 0 spiro atoms. The summed E-state index contributed by atoms with van der Waals surface area (Å²) < 4.78 is 33.1. The zero-order valence-corrected chi connectivity index (χ0v) is 16.8. The number of halogens is 2. The second kappa shape index (κ2) is 10.6. The van der Waals surface area contributed by atoms with E-state index in [0.29, 0.717) is 31.2 Å². The highest BCUT2D eigenvalue weighted by Crippen LogP contribution is 2.16. The SMILES string of the molecule is CN=C(NCc1ccc(F)c(CN(C)C)c1)NCC(C)Oc1ccccc1F. The van der Waals surface area contributed by atoms with Gasteiger partial charge in [-0.25, -0.2) is 8.78 Å². The Morgan fingerprint density at radius 3 is 2.54 bits per heavy atom. The van der Waals surface area contributed by atoms with Crippen LogP contribution in [0, 0.1) is 11.6 Å². The normalized spacial score (nSPS) is 12.8. The molecule has 0 amide bonds. The van der Waals surface area contributed by atoms with Gasteiger partial charge in [0.2, 0.25) is 0 Å². The van der Waals surface area contributed by atoms with E-state index in [9.17, 15) is 8.78 Å². The van der Waals surface area contributed by atoms with Gasteiger partial charge in [-0.3, -0.25) is 4.99 Å². The van der Waals surface area contributed by atoms with Crippen LogP contribution >= 0.6 is 0 Å². The number of guanidine groups is 1. The first-order valence-corrected chi connectivity index (χ1v) is 9.16. The van der Waals surface area contributed by atoms with E-state index < -0.39 is 0 Å². The molecule has 2 aromatic rings. The van der Waals surface area contributed by atoms with Crippen molar-refractivity contribution in [1.82, 2.24) is 15.5 Å². The summed E-state index contributed by atoms with van der Waals surface area (Å²) in [5.74, 6) is 0.211. The van der Waals surface area contributed by atoms with Crippen molar-refractivity contribution in [3.63, 3.8) is 0 Å². The maximum atomic E-state index is 13.9. The average molecular weight is 390 g/mol. The van der Waals surface area contributed by atoms with Crippen molar-refractivity contribution >= 4 is 5.96 Å². The minimum Gasteiger partial charge on any atom is -0.486 e. The smallest absolute Gasteiger partial charge is 0.191 e. The standard InChI is InChI=1S/C21H28F2N4O/c1-15(28-20-8-6-5-7-19(20)23)12-25-21(24-2)26-13-16-9-10-18(22)17(11-16)14-27(3)4/h5-11,15H,12-14H2,1-4H3,(H2,24,25,26). The van der Waals surface area contributed by atoms with E-state index in [1.807, 2.05) is 32.0 Å². The third-order valence-electron chi connectivity index (χ3n) is 4.00. The molecule has 1 unspecified atom stereocenters. The van der Waals surface area contributed by atoms with Crippen molar-refractivity contribution in [2.24, 2.45) is 4.99 Å². The summed E-state index contributed by atoms with van der Waals surface area (Å²) in [6.45, 7) is 3.34. The van der Waals surface area contributed by atoms with Gasteiger partial charge in [0.1, 0.15) is 11.9 Å². The Morgan fingerprint density at radius 1 is 1.11 bits per heavy atom. The Kier molecular flexibility index (Phi) is 8.19. The van der Waals surface area contributed by atoms with Crippen molar-refractivity contribution < 1.29 is 13.5 Å². The van der Waals surface area contributed by atoms with E-state index in [2.05, 4.69) is 15.6 Å². The number of para-hydroxylation sites is 1. The van der Waals surface area contributed by atoms with E-state index in [1.165, 1.54) is 12.1 Å². The van der Waals surface area contributed by atoms with Gasteiger partial charge in [-0.2, -0.15) is 0 Å². The number of ether oxygens (including phenoxy) is 1. The molecule has 0 saturated heterocycles. The summed E-state index contributed by atoms with van der Waals surface area (Å²) in [6.07, 6.45) is -0.257.